The molecule has 0 aliphatic rings. The van der Waals surface area contributed by atoms with Crippen molar-refractivity contribution in [2.45, 2.75) is 18.9 Å². The second-order valence-electron chi connectivity index (χ2n) is 2.75. The molecule has 1 N–H and O–H groups in total. The zero-order chi connectivity index (χ0) is 12.6. The van der Waals surface area contributed by atoms with E-state index < -0.39 is 11.5 Å². The molecule has 0 aliphatic carbocycles. The van der Waals surface area contributed by atoms with Crippen molar-refractivity contribution in [3.8, 4) is 0 Å². The fourth-order valence-electron chi connectivity index (χ4n) is 0.538. The fourth-order valence-corrected chi connectivity index (χ4v) is 1.75. The van der Waals surface area contributed by atoms with Crippen molar-refractivity contribution < 1.29 is 22.7 Å². The van der Waals surface area contributed by atoms with Crippen molar-refractivity contribution in [2.24, 2.45) is 0 Å². The quantitative estimate of drug-likeness (QED) is 0.335. The monoisotopic (exact) mass is 275 g/mol. The van der Waals surface area contributed by atoms with Gasteiger partial charge in [0.1, 0.15) is 0 Å². The minimum atomic E-state index is -4.28. The number of esters is 1. The fraction of sp³-hybridized carbons (Fsp3) is 0.625. The van der Waals surface area contributed by atoms with Gasteiger partial charge in [-0.05, 0) is 13.3 Å². The minimum absolute atomic E-state index is 0.178. The lowest BCUT2D eigenvalue weighted by atomic mass is 10.4. The molecule has 0 amide bonds. The van der Waals surface area contributed by atoms with Crippen LogP contribution in [0.15, 0.2) is 12.2 Å². The lowest BCUT2D eigenvalue weighted by Crippen LogP contribution is -2.09. The van der Waals surface area contributed by atoms with Crippen LogP contribution < -0.4 is 4.13 Å². The SMILES string of the molecule is C=C(C)C(=O)OCCCSNSC(F)(F)F. The first-order chi connectivity index (χ1) is 7.33. The maximum atomic E-state index is 11.6. The highest BCUT2D eigenvalue weighted by molar-refractivity contribution is 8.13. The number of hydrogen-bond acceptors (Lipinski definition) is 5. The van der Waals surface area contributed by atoms with Crippen LogP contribution in [0.1, 0.15) is 13.3 Å². The number of nitrogens with one attached hydrogen (secondary N) is 1. The van der Waals surface area contributed by atoms with Gasteiger partial charge in [-0.25, -0.2) is 8.92 Å². The van der Waals surface area contributed by atoms with Crippen LogP contribution in [0.3, 0.4) is 0 Å². The maximum absolute atomic E-state index is 11.6. The Kier molecular flexibility index (Phi) is 7.69. The summed E-state index contributed by atoms with van der Waals surface area (Å²) in [6.07, 6.45) is 0.481. The van der Waals surface area contributed by atoms with E-state index in [-0.39, 0.29) is 18.6 Å². The smallest absolute Gasteiger partial charge is 0.456 e. The van der Waals surface area contributed by atoms with Crippen LogP contribution in [0, 0.1) is 0 Å². The van der Waals surface area contributed by atoms with Gasteiger partial charge in [-0.15, -0.1) is 0 Å². The molecule has 0 heterocycles. The molecular weight excluding hydrogens is 263 g/mol. The molecule has 0 atom stereocenters. The third-order valence-corrected chi connectivity index (χ3v) is 2.72. The topological polar surface area (TPSA) is 38.3 Å². The molecule has 0 rings (SSSR count). The molecule has 0 aromatic heterocycles. The number of ether oxygens (including phenoxy) is 1. The van der Waals surface area contributed by atoms with Crippen molar-refractivity contribution >= 4 is 29.9 Å². The second kappa shape index (κ2) is 7.86. The molecule has 8 heteroatoms. The van der Waals surface area contributed by atoms with E-state index in [1.165, 1.54) is 6.92 Å². The van der Waals surface area contributed by atoms with E-state index in [1.54, 1.807) is 0 Å². The molecule has 3 nitrogen and oxygen atoms in total. The summed E-state index contributed by atoms with van der Waals surface area (Å²) >= 11 is 0.613. The molecule has 0 fully saturated rings. The molecule has 16 heavy (non-hydrogen) atoms. The van der Waals surface area contributed by atoms with E-state index in [0.29, 0.717) is 17.7 Å². The molecule has 0 unspecified atom stereocenters. The van der Waals surface area contributed by atoms with Gasteiger partial charge in [0, 0.05) is 23.3 Å². The van der Waals surface area contributed by atoms with Crippen molar-refractivity contribution in [3.05, 3.63) is 12.2 Å². The molecular formula is C8H12F3NO2S2. The van der Waals surface area contributed by atoms with Crippen molar-refractivity contribution in [1.29, 1.82) is 0 Å². The van der Waals surface area contributed by atoms with Crippen LogP contribution in [0.5, 0.6) is 0 Å². The van der Waals surface area contributed by atoms with Crippen LogP contribution in [0.25, 0.3) is 0 Å². The van der Waals surface area contributed by atoms with Crippen molar-refractivity contribution in [2.75, 3.05) is 12.4 Å². The largest absolute Gasteiger partial charge is 0.462 e. The standard InChI is InChI=1S/C8H12F3NO2S2/c1-6(2)7(13)14-4-3-5-15-12-16-8(9,10)11/h12H,1,3-5H2,2H3. The molecule has 94 valence electrons. The van der Waals surface area contributed by atoms with E-state index in [2.05, 4.69) is 10.7 Å². The van der Waals surface area contributed by atoms with Gasteiger partial charge in [0.15, 0.2) is 0 Å². The number of rotatable bonds is 7. The van der Waals surface area contributed by atoms with Gasteiger partial charge in [0.2, 0.25) is 0 Å². The first-order valence-electron chi connectivity index (χ1n) is 4.27. The van der Waals surface area contributed by atoms with Gasteiger partial charge >= 0.3 is 11.5 Å². The average Bonchev–Trinajstić information content (AvgIpc) is 2.14. The third kappa shape index (κ3) is 10.2. The van der Waals surface area contributed by atoms with Crippen LogP contribution in [-0.4, -0.2) is 23.8 Å². The molecule has 0 saturated carbocycles. The summed E-state index contributed by atoms with van der Waals surface area (Å²) in [7, 11) is 0. The normalized spacial score (nSPS) is 11.2. The summed E-state index contributed by atoms with van der Waals surface area (Å²) in [5.41, 5.74) is -3.97. The van der Waals surface area contributed by atoms with Gasteiger partial charge in [0.05, 0.1) is 6.61 Å². The predicted octanol–water partition coefficient (Wildman–Crippen LogP) is 2.90. The summed E-state index contributed by atoms with van der Waals surface area (Å²) in [6.45, 7) is 5.09. The van der Waals surface area contributed by atoms with Crippen LogP contribution >= 0.6 is 23.9 Å². The van der Waals surface area contributed by atoms with E-state index in [9.17, 15) is 18.0 Å². The Bertz CT molecular complexity index is 246. The number of alkyl halides is 3. The summed E-state index contributed by atoms with van der Waals surface area (Å²) in [5.74, 6) is -0.0605. The van der Waals surface area contributed by atoms with E-state index in [1.807, 2.05) is 0 Å². The summed E-state index contributed by atoms with van der Waals surface area (Å²) < 4.78 is 41.7. The molecule has 0 saturated heterocycles. The highest BCUT2D eigenvalue weighted by Gasteiger charge is 2.28. The van der Waals surface area contributed by atoms with Gasteiger partial charge in [0.25, 0.3) is 0 Å². The highest BCUT2D eigenvalue weighted by atomic mass is 32.2. The Morgan fingerprint density at radius 2 is 2.12 bits per heavy atom. The molecule has 0 radical (unpaired) electrons. The number of carbonyl (C=O) groups excluding carboxylic acids is 1. The summed E-state index contributed by atoms with van der Waals surface area (Å²) in [4.78, 5) is 10.9. The van der Waals surface area contributed by atoms with Gasteiger partial charge in [-0.2, -0.15) is 13.2 Å². The molecule has 0 aliphatic heterocycles. The van der Waals surface area contributed by atoms with Crippen LogP contribution in [-0.2, 0) is 9.53 Å². The van der Waals surface area contributed by atoms with E-state index >= 15 is 0 Å². The number of hydrogen-bond donors (Lipinski definition) is 1. The lowest BCUT2D eigenvalue weighted by molar-refractivity contribution is -0.138. The van der Waals surface area contributed by atoms with Gasteiger partial charge in [-0.1, -0.05) is 18.5 Å². The predicted molar refractivity (Wildman–Crippen MR) is 59.6 cm³/mol. The zero-order valence-electron chi connectivity index (χ0n) is 8.60. The Balaban J connectivity index is 3.29. The zero-order valence-corrected chi connectivity index (χ0v) is 10.2. The molecule has 0 spiro atoms. The van der Waals surface area contributed by atoms with Gasteiger partial charge < -0.3 is 4.74 Å². The molecule has 0 aromatic carbocycles. The Hall–Kier alpha value is -0.340. The number of halogens is 3. The first-order valence-corrected chi connectivity index (χ1v) is 6.07. The van der Waals surface area contributed by atoms with Crippen molar-refractivity contribution in [3.63, 3.8) is 0 Å². The highest BCUT2D eigenvalue weighted by Crippen LogP contribution is 2.28. The van der Waals surface area contributed by atoms with Gasteiger partial charge in [-0.3, -0.25) is 0 Å². The van der Waals surface area contributed by atoms with Crippen LogP contribution in [0.2, 0.25) is 0 Å². The Morgan fingerprint density at radius 1 is 1.50 bits per heavy atom. The average molecular weight is 275 g/mol. The summed E-state index contributed by atoms with van der Waals surface area (Å²) in [6, 6.07) is 0. The lowest BCUT2D eigenvalue weighted by Gasteiger charge is -2.06. The third-order valence-electron chi connectivity index (χ3n) is 1.19. The summed E-state index contributed by atoms with van der Waals surface area (Å²) in [5, 5.41) is 0. The van der Waals surface area contributed by atoms with Crippen LogP contribution in [0.4, 0.5) is 13.2 Å². The minimum Gasteiger partial charge on any atom is -0.462 e. The molecule has 0 bridgehead atoms. The van der Waals surface area contributed by atoms with Crippen molar-refractivity contribution in [1.82, 2.24) is 4.13 Å². The first kappa shape index (κ1) is 15.7. The molecule has 0 aromatic rings. The maximum Gasteiger partial charge on any atom is 0.456 e. The van der Waals surface area contributed by atoms with E-state index in [4.69, 9.17) is 4.74 Å². The Morgan fingerprint density at radius 3 is 2.62 bits per heavy atom. The Labute approximate surface area is 100 Å². The number of carbonyl (C=O) groups is 1. The van der Waals surface area contributed by atoms with E-state index in [0.717, 1.165) is 11.9 Å². The second-order valence-corrected chi connectivity index (χ2v) is 4.78.